The van der Waals surface area contributed by atoms with Crippen molar-refractivity contribution in [3.05, 3.63) is 52.9 Å². The van der Waals surface area contributed by atoms with Gasteiger partial charge in [-0.15, -0.1) is 11.3 Å². The molecule has 4 aromatic rings. The van der Waals surface area contributed by atoms with Crippen LogP contribution in [0.2, 0.25) is 0 Å². The predicted octanol–water partition coefficient (Wildman–Crippen LogP) is 8.20. The fourth-order valence-corrected chi connectivity index (χ4v) is 6.33. The summed E-state index contributed by atoms with van der Waals surface area (Å²) in [4.78, 5) is 0. The van der Waals surface area contributed by atoms with Gasteiger partial charge in [-0.1, -0.05) is 38.8 Å². The highest BCUT2D eigenvalue weighted by Gasteiger charge is 2.53. The SMILES string of the molecule is CCCCc1ccc2c(c1)c1cc(CCCC)ccc1n2-c1csc(B2OC(C)(C)C(C)(C)O2)c1OCOCC. The van der Waals surface area contributed by atoms with Crippen LogP contribution in [0.25, 0.3) is 27.5 Å². The zero-order valence-corrected chi connectivity index (χ0v) is 26.1. The van der Waals surface area contributed by atoms with Gasteiger partial charge in [-0.25, -0.2) is 0 Å². The second kappa shape index (κ2) is 11.9. The standard InChI is InChI=1S/C33H44BNO4S/c1-8-11-13-23-15-17-27-25(19-23)26-20-24(14-12-9-2)16-18-28(26)35(27)29-21-40-31(30(29)37-22-36-10-3)34-38-32(4,5)33(6,7)39-34/h15-21H,8-14,22H2,1-7H3. The lowest BCUT2D eigenvalue weighted by Crippen LogP contribution is -2.41. The first-order valence-electron chi connectivity index (χ1n) is 14.9. The van der Waals surface area contributed by atoms with Crippen molar-refractivity contribution < 1.29 is 18.8 Å². The number of rotatable bonds is 12. The first kappa shape index (κ1) is 29.2. The minimum absolute atomic E-state index is 0.173. The molecule has 0 radical (unpaired) electrons. The van der Waals surface area contributed by atoms with E-state index >= 15 is 0 Å². The van der Waals surface area contributed by atoms with E-state index in [4.69, 9.17) is 18.8 Å². The van der Waals surface area contributed by atoms with Gasteiger partial charge in [-0.3, -0.25) is 0 Å². The van der Waals surface area contributed by atoms with Crippen LogP contribution in [0.1, 0.15) is 85.3 Å². The smallest absolute Gasteiger partial charge is 0.465 e. The Morgan fingerprint density at radius 1 is 0.825 bits per heavy atom. The molecule has 1 aliphatic heterocycles. The molecule has 2 aromatic heterocycles. The van der Waals surface area contributed by atoms with Gasteiger partial charge in [0.1, 0.15) is 0 Å². The molecule has 0 atom stereocenters. The van der Waals surface area contributed by atoms with Crippen LogP contribution in [0, 0.1) is 0 Å². The number of aromatic nitrogens is 1. The molecule has 0 N–H and O–H groups in total. The predicted molar refractivity (Wildman–Crippen MR) is 169 cm³/mol. The van der Waals surface area contributed by atoms with Gasteiger partial charge in [-0.2, -0.15) is 0 Å². The second-order valence-electron chi connectivity index (χ2n) is 11.9. The molecule has 5 nitrogen and oxygen atoms in total. The minimum Gasteiger partial charge on any atom is -0.465 e. The van der Waals surface area contributed by atoms with Crippen LogP contribution in [0.4, 0.5) is 0 Å². The second-order valence-corrected chi connectivity index (χ2v) is 12.8. The van der Waals surface area contributed by atoms with Gasteiger partial charge < -0.3 is 23.3 Å². The van der Waals surface area contributed by atoms with Gasteiger partial charge in [0.25, 0.3) is 0 Å². The fraction of sp³-hybridized carbons (Fsp3) is 0.515. The molecule has 0 amide bonds. The summed E-state index contributed by atoms with van der Waals surface area (Å²) in [5.41, 5.74) is 5.28. The van der Waals surface area contributed by atoms with Gasteiger partial charge in [0.05, 0.1) is 32.7 Å². The van der Waals surface area contributed by atoms with E-state index < -0.39 is 18.3 Å². The summed E-state index contributed by atoms with van der Waals surface area (Å²) in [6, 6.07) is 13.9. The van der Waals surface area contributed by atoms with E-state index in [9.17, 15) is 0 Å². The zero-order chi connectivity index (χ0) is 28.5. The molecule has 0 aliphatic carbocycles. The summed E-state index contributed by atoms with van der Waals surface area (Å²) in [7, 11) is -0.505. The number of thiophene rings is 1. The lowest BCUT2D eigenvalue weighted by atomic mass is 9.87. The number of hydrogen-bond donors (Lipinski definition) is 0. The molecule has 1 saturated heterocycles. The molecule has 0 bridgehead atoms. The van der Waals surface area contributed by atoms with Crippen molar-refractivity contribution in [2.45, 2.75) is 98.2 Å². The summed E-state index contributed by atoms with van der Waals surface area (Å²) < 4.78 is 28.3. The van der Waals surface area contributed by atoms with Crippen LogP contribution in [0.5, 0.6) is 5.75 Å². The van der Waals surface area contributed by atoms with Crippen molar-refractivity contribution >= 4 is 45.0 Å². The summed E-state index contributed by atoms with van der Waals surface area (Å²) in [6.45, 7) is 15.6. The Labute approximate surface area is 243 Å². The number of unbranched alkanes of at least 4 members (excludes halogenated alkanes) is 2. The Bertz CT molecular complexity index is 1390. The molecule has 5 rings (SSSR count). The van der Waals surface area contributed by atoms with Gasteiger partial charge >= 0.3 is 7.12 Å². The number of nitrogens with zero attached hydrogens (tertiary/aromatic N) is 1. The molecule has 40 heavy (non-hydrogen) atoms. The Balaban J connectivity index is 1.68. The highest BCUT2D eigenvalue weighted by atomic mass is 32.1. The maximum atomic E-state index is 6.47. The molecular formula is C33H44BNO4S. The van der Waals surface area contributed by atoms with E-state index in [2.05, 4.69) is 87.9 Å². The average Bonchev–Trinajstić information content (AvgIpc) is 3.54. The number of ether oxygens (including phenoxy) is 2. The van der Waals surface area contributed by atoms with Crippen molar-refractivity contribution in [1.82, 2.24) is 4.57 Å². The van der Waals surface area contributed by atoms with E-state index in [1.165, 1.54) is 58.6 Å². The Kier molecular flexibility index (Phi) is 8.67. The Hall–Kier alpha value is -2.32. The van der Waals surface area contributed by atoms with Gasteiger partial charge in [-0.05, 0) is 95.7 Å². The molecule has 1 fully saturated rings. The number of aryl methyl sites for hydroxylation is 2. The first-order chi connectivity index (χ1) is 19.2. The van der Waals surface area contributed by atoms with E-state index in [0.717, 1.165) is 29.1 Å². The molecule has 7 heteroatoms. The number of hydrogen-bond acceptors (Lipinski definition) is 5. The fourth-order valence-electron chi connectivity index (χ4n) is 5.40. The van der Waals surface area contributed by atoms with Gasteiger partial charge in [0, 0.05) is 22.8 Å². The van der Waals surface area contributed by atoms with Crippen LogP contribution in [0.15, 0.2) is 41.8 Å². The quantitative estimate of drug-likeness (QED) is 0.0993. The maximum absolute atomic E-state index is 6.47. The van der Waals surface area contributed by atoms with Crippen LogP contribution >= 0.6 is 11.3 Å². The molecule has 0 spiro atoms. The molecular weight excluding hydrogens is 517 g/mol. The van der Waals surface area contributed by atoms with E-state index in [1.54, 1.807) is 11.3 Å². The largest absolute Gasteiger partial charge is 0.509 e. The number of benzene rings is 2. The highest BCUT2D eigenvalue weighted by Crippen LogP contribution is 2.41. The van der Waals surface area contributed by atoms with E-state index in [1.807, 2.05) is 6.92 Å². The van der Waals surface area contributed by atoms with E-state index in [-0.39, 0.29) is 6.79 Å². The Morgan fingerprint density at radius 3 is 1.88 bits per heavy atom. The topological polar surface area (TPSA) is 41.9 Å². The van der Waals surface area contributed by atoms with Crippen molar-refractivity contribution in [1.29, 1.82) is 0 Å². The lowest BCUT2D eigenvalue weighted by Gasteiger charge is -2.32. The third-order valence-corrected chi connectivity index (χ3v) is 9.46. The molecule has 3 heterocycles. The summed E-state index contributed by atoms with van der Waals surface area (Å²) in [6.07, 6.45) is 6.98. The van der Waals surface area contributed by atoms with Crippen LogP contribution in [-0.2, 0) is 26.9 Å². The molecule has 0 unspecified atom stereocenters. The lowest BCUT2D eigenvalue weighted by molar-refractivity contribution is 0.00578. The monoisotopic (exact) mass is 561 g/mol. The molecule has 214 valence electrons. The normalized spacial score (nSPS) is 16.4. The zero-order valence-electron chi connectivity index (χ0n) is 25.3. The van der Waals surface area contributed by atoms with Gasteiger partial charge in [0.2, 0.25) is 0 Å². The first-order valence-corrected chi connectivity index (χ1v) is 15.8. The third kappa shape index (κ3) is 5.46. The minimum atomic E-state index is -0.505. The molecule has 0 saturated carbocycles. The van der Waals surface area contributed by atoms with Crippen molar-refractivity contribution in [2.75, 3.05) is 13.4 Å². The van der Waals surface area contributed by atoms with Crippen LogP contribution in [-0.4, -0.2) is 36.3 Å². The summed E-state index contributed by atoms with van der Waals surface area (Å²) in [5, 5.41) is 4.76. The summed E-state index contributed by atoms with van der Waals surface area (Å²) >= 11 is 1.63. The molecule has 2 aromatic carbocycles. The highest BCUT2D eigenvalue weighted by molar-refractivity contribution is 7.21. The van der Waals surface area contributed by atoms with Crippen molar-refractivity contribution in [2.24, 2.45) is 0 Å². The molecule has 1 aliphatic rings. The van der Waals surface area contributed by atoms with Crippen molar-refractivity contribution in [3.8, 4) is 11.4 Å². The third-order valence-electron chi connectivity index (χ3n) is 8.48. The summed E-state index contributed by atoms with van der Waals surface area (Å²) in [5.74, 6) is 0.765. The average molecular weight is 562 g/mol. The van der Waals surface area contributed by atoms with E-state index in [0.29, 0.717) is 6.61 Å². The number of fused-ring (bicyclic) bond motifs is 3. The van der Waals surface area contributed by atoms with Crippen molar-refractivity contribution in [3.63, 3.8) is 0 Å². The van der Waals surface area contributed by atoms with Crippen LogP contribution in [0.3, 0.4) is 0 Å². The Morgan fingerprint density at radius 2 is 1.38 bits per heavy atom. The van der Waals surface area contributed by atoms with Gasteiger partial charge in [0.15, 0.2) is 12.5 Å². The maximum Gasteiger partial charge on any atom is 0.509 e. The van der Waals surface area contributed by atoms with Crippen LogP contribution < -0.4 is 9.51 Å².